The SMILES string of the molecule is Cc1cc(C=O)cc(-c2ccc(OC(C)(C)C)cc2C)c1. The van der Waals surface area contributed by atoms with Crippen molar-refractivity contribution >= 4 is 6.29 Å². The lowest BCUT2D eigenvalue weighted by atomic mass is 9.97. The molecule has 0 saturated heterocycles. The molecule has 0 aliphatic heterocycles. The van der Waals surface area contributed by atoms with Gasteiger partial charge >= 0.3 is 0 Å². The van der Waals surface area contributed by atoms with Crippen molar-refractivity contribution in [3.8, 4) is 16.9 Å². The van der Waals surface area contributed by atoms with Gasteiger partial charge in [-0.2, -0.15) is 0 Å². The summed E-state index contributed by atoms with van der Waals surface area (Å²) in [5.74, 6) is 0.868. The Hall–Kier alpha value is -2.09. The van der Waals surface area contributed by atoms with Crippen LogP contribution in [0.25, 0.3) is 11.1 Å². The summed E-state index contributed by atoms with van der Waals surface area (Å²) in [6, 6.07) is 12.0. The number of hydrogen-bond acceptors (Lipinski definition) is 2. The van der Waals surface area contributed by atoms with E-state index >= 15 is 0 Å². The molecule has 0 fully saturated rings. The molecule has 2 heteroatoms. The molecule has 110 valence electrons. The van der Waals surface area contributed by atoms with Crippen LogP contribution in [0.4, 0.5) is 0 Å². The summed E-state index contributed by atoms with van der Waals surface area (Å²) in [4.78, 5) is 11.0. The van der Waals surface area contributed by atoms with Crippen molar-refractivity contribution in [1.82, 2.24) is 0 Å². The van der Waals surface area contributed by atoms with Crippen molar-refractivity contribution in [2.75, 3.05) is 0 Å². The largest absolute Gasteiger partial charge is 0.488 e. The molecule has 0 N–H and O–H groups in total. The highest BCUT2D eigenvalue weighted by molar-refractivity contribution is 5.80. The summed E-state index contributed by atoms with van der Waals surface area (Å²) >= 11 is 0. The van der Waals surface area contributed by atoms with Gasteiger partial charge in [-0.15, -0.1) is 0 Å². The summed E-state index contributed by atoms with van der Waals surface area (Å²) in [6.07, 6.45) is 0.892. The third kappa shape index (κ3) is 3.94. The highest BCUT2D eigenvalue weighted by Crippen LogP contribution is 2.29. The molecular weight excluding hydrogens is 260 g/mol. The number of benzene rings is 2. The molecule has 2 aromatic rings. The number of aldehydes is 1. The van der Waals surface area contributed by atoms with E-state index in [1.165, 1.54) is 0 Å². The maximum atomic E-state index is 11.0. The normalized spacial score (nSPS) is 11.3. The van der Waals surface area contributed by atoms with E-state index in [1.54, 1.807) is 0 Å². The molecular formula is C19H22O2. The number of carbonyl (C=O) groups is 1. The predicted octanol–water partition coefficient (Wildman–Crippen LogP) is 4.96. The van der Waals surface area contributed by atoms with Crippen molar-refractivity contribution in [1.29, 1.82) is 0 Å². The van der Waals surface area contributed by atoms with Crippen molar-refractivity contribution < 1.29 is 9.53 Å². The lowest BCUT2D eigenvalue weighted by molar-refractivity contribution is 0.112. The van der Waals surface area contributed by atoms with E-state index in [9.17, 15) is 4.79 Å². The van der Waals surface area contributed by atoms with Crippen molar-refractivity contribution in [2.45, 2.75) is 40.2 Å². The Labute approximate surface area is 126 Å². The standard InChI is InChI=1S/C19H22O2/c1-13-8-15(12-20)11-16(9-13)18-7-6-17(10-14(18)2)21-19(3,4)5/h6-12H,1-5H3. The molecule has 0 aliphatic rings. The number of ether oxygens (including phenoxy) is 1. The van der Waals surface area contributed by atoms with Gasteiger partial charge in [0.1, 0.15) is 17.6 Å². The van der Waals surface area contributed by atoms with E-state index in [2.05, 4.69) is 19.1 Å². The number of rotatable bonds is 3. The maximum absolute atomic E-state index is 11.0. The Kier molecular flexibility index (Phi) is 4.17. The Morgan fingerprint density at radius 2 is 1.71 bits per heavy atom. The molecule has 0 aromatic heterocycles. The van der Waals surface area contributed by atoms with Crippen LogP contribution in [0, 0.1) is 13.8 Å². The van der Waals surface area contributed by atoms with Crippen LogP contribution in [-0.4, -0.2) is 11.9 Å². The first-order valence-corrected chi connectivity index (χ1v) is 7.15. The topological polar surface area (TPSA) is 26.3 Å². The van der Waals surface area contributed by atoms with Gasteiger partial charge in [0.15, 0.2) is 0 Å². The van der Waals surface area contributed by atoms with Crippen molar-refractivity contribution in [3.63, 3.8) is 0 Å². The lowest BCUT2D eigenvalue weighted by Gasteiger charge is -2.22. The zero-order valence-corrected chi connectivity index (χ0v) is 13.4. The Balaban J connectivity index is 2.41. The van der Waals surface area contributed by atoms with Gasteiger partial charge < -0.3 is 4.74 Å². The van der Waals surface area contributed by atoms with Crippen molar-refractivity contribution in [2.24, 2.45) is 0 Å². The fourth-order valence-corrected chi connectivity index (χ4v) is 2.41. The molecule has 21 heavy (non-hydrogen) atoms. The second-order valence-electron chi connectivity index (χ2n) is 6.44. The average molecular weight is 282 g/mol. The summed E-state index contributed by atoms with van der Waals surface area (Å²) in [7, 11) is 0. The van der Waals surface area contributed by atoms with Crippen LogP contribution in [0.2, 0.25) is 0 Å². The van der Waals surface area contributed by atoms with Gasteiger partial charge in [0.05, 0.1) is 0 Å². The molecule has 2 rings (SSSR count). The van der Waals surface area contributed by atoms with Crippen LogP contribution in [0.3, 0.4) is 0 Å². The lowest BCUT2D eigenvalue weighted by Crippen LogP contribution is -2.22. The van der Waals surface area contributed by atoms with Gasteiger partial charge in [-0.1, -0.05) is 12.1 Å². The van der Waals surface area contributed by atoms with Gasteiger partial charge in [-0.3, -0.25) is 4.79 Å². The highest BCUT2D eigenvalue weighted by atomic mass is 16.5. The van der Waals surface area contributed by atoms with Crippen LogP contribution in [-0.2, 0) is 0 Å². The quantitative estimate of drug-likeness (QED) is 0.744. The highest BCUT2D eigenvalue weighted by Gasteiger charge is 2.13. The van der Waals surface area contributed by atoms with Gasteiger partial charge in [0.2, 0.25) is 0 Å². The Bertz CT molecular complexity index is 664. The first-order chi connectivity index (χ1) is 9.78. The van der Waals surface area contributed by atoms with E-state index in [-0.39, 0.29) is 5.60 Å². The molecule has 0 aliphatic carbocycles. The first kappa shape index (κ1) is 15.3. The minimum Gasteiger partial charge on any atom is -0.488 e. The average Bonchev–Trinajstić information content (AvgIpc) is 2.36. The third-order valence-electron chi connectivity index (χ3n) is 3.17. The van der Waals surface area contributed by atoms with Gasteiger partial charge in [0, 0.05) is 5.56 Å². The smallest absolute Gasteiger partial charge is 0.150 e. The Morgan fingerprint density at radius 1 is 1.00 bits per heavy atom. The molecule has 0 heterocycles. The molecule has 0 atom stereocenters. The summed E-state index contributed by atoms with van der Waals surface area (Å²) in [5.41, 5.74) is 4.92. The number of aryl methyl sites for hydroxylation is 2. The van der Waals surface area contributed by atoms with Crippen molar-refractivity contribution in [3.05, 3.63) is 53.1 Å². The predicted molar refractivity (Wildman–Crippen MR) is 87.1 cm³/mol. The molecule has 0 saturated carbocycles. The zero-order valence-electron chi connectivity index (χ0n) is 13.4. The molecule has 0 spiro atoms. The number of carbonyl (C=O) groups excluding carboxylic acids is 1. The second kappa shape index (κ2) is 5.72. The molecule has 0 bridgehead atoms. The van der Waals surface area contributed by atoms with E-state index in [4.69, 9.17) is 4.74 Å². The third-order valence-corrected chi connectivity index (χ3v) is 3.17. The fourth-order valence-electron chi connectivity index (χ4n) is 2.41. The van der Waals surface area contributed by atoms with Crippen LogP contribution < -0.4 is 4.74 Å². The fraction of sp³-hybridized carbons (Fsp3) is 0.316. The Morgan fingerprint density at radius 3 is 2.29 bits per heavy atom. The summed E-state index contributed by atoms with van der Waals surface area (Å²) in [5, 5.41) is 0. The van der Waals surface area contributed by atoms with Gasteiger partial charge in [-0.05, 0) is 81.1 Å². The van der Waals surface area contributed by atoms with E-state index < -0.39 is 0 Å². The van der Waals surface area contributed by atoms with E-state index in [0.717, 1.165) is 34.3 Å². The van der Waals surface area contributed by atoms with Crippen LogP contribution in [0.15, 0.2) is 36.4 Å². The summed E-state index contributed by atoms with van der Waals surface area (Å²) in [6.45, 7) is 10.2. The zero-order chi connectivity index (χ0) is 15.6. The molecule has 0 unspecified atom stereocenters. The summed E-state index contributed by atoms with van der Waals surface area (Å²) < 4.78 is 5.89. The molecule has 2 aromatic carbocycles. The minimum absolute atomic E-state index is 0.206. The van der Waals surface area contributed by atoms with E-state index in [1.807, 2.05) is 52.0 Å². The monoisotopic (exact) mass is 282 g/mol. The minimum atomic E-state index is -0.206. The van der Waals surface area contributed by atoms with Crippen LogP contribution >= 0.6 is 0 Å². The molecule has 0 radical (unpaired) electrons. The molecule has 2 nitrogen and oxygen atoms in total. The van der Waals surface area contributed by atoms with Crippen LogP contribution in [0.1, 0.15) is 42.3 Å². The first-order valence-electron chi connectivity index (χ1n) is 7.15. The van der Waals surface area contributed by atoms with Gasteiger partial charge in [-0.25, -0.2) is 0 Å². The van der Waals surface area contributed by atoms with E-state index in [0.29, 0.717) is 5.56 Å². The maximum Gasteiger partial charge on any atom is 0.150 e. The van der Waals surface area contributed by atoms with Crippen LogP contribution in [0.5, 0.6) is 5.75 Å². The molecule has 0 amide bonds. The number of hydrogen-bond donors (Lipinski definition) is 0. The van der Waals surface area contributed by atoms with Gasteiger partial charge in [0.25, 0.3) is 0 Å². The second-order valence-corrected chi connectivity index (χ2v) is 6.44.